The van der Waals surface area contributed by atoms with Gasteiger partial charge in [-0.25, -0.2) is 4.98 Å². The van der Waals surface area contributed by atoms with E-state index < -0.39 is 0 Å². The topological polar surface area (TPSA) is 65.2 Å². The zero-order chi connectivity index (χ0) is 18.3. The summed E-state index contributed by atoms with van der Waals surface area (Å²) in [5, 5.41) is 4.27. The first-order valence-electron chi connectivity index (χ1n) is 9.42. The van der Waals surface area contributed by atoms with Gasteiger partial charge in [0.15, 0.2) is 0 Å². The van der Waals surface area contributed by atoms with E-state index in [0.29, 0.717) is 17.5 Å². The second-order valence-corrected chi connectivity index (χ2v) is 7.63. The second-order valence-electron chi connectivity index (χ2n) is 7.63. The molecule has 0 aromatic carbocycles. The predicted octanol–water partition coefficient (Wildman–Crippen LogP) is 1.90. The fourth-order valence-corrected chi connectivity index (χ4v) is 4.08. The van der Waals surface area contributed by atoms with E-state index in [2.05, 4.69) is 21.6 Å². The Labute approximate surface area is 154 Å². The zero-order valence-corrected chi connectivity index (χ0v) is 15.8. The van der Waals surface area contributed by atoms with Crippen molar-refractivity contribution < 1.29 is 9.53 Å². The lowest BCUT2D eigenvalue weighted by atomic mass is 9.97. The third-order valence-corrected chi connectivity index (χ3v) is 5.58. The summed E-state index contributed by atoms with van der Waals surface area (Å²) in [6.45, 7) is 8.22. The fourth-order valence-electron chi connectivity index (χ4n) is 4.08. The fraction of sp³-hybridized carbons (Fsp3) is 0.632. The molecule has 0 unspecified atom stereocenters. The highest BCUT2D eigenvalue weighted by Crippen LogP contribution is 2.29. The van der Waals surface area contributed by atoms with Gasteiger partial charge in [-0.2, -0.15) is 5.10 Å². The summed E-state index contributed by atoms with van der Waals surface area (Å²) in [5.41, 5.74) is 2.75. The first-order chi connectivity index (χ1) is 12.5. The number of hydrogen-bond donors (Lipinski definition) is 0. The molecule has 0 spiro atoms. The van der Waals surface area contributed by atoms with Gasteiger partial charge >= 0.3 is 0 Å². The summed E-state index contributed by atoms with van der Waals surface area (Å²) < 4.78 is 9.52. The van der Waals surface area contributed by atoms with Crippen LogP contribution in [-0.2, 0) is 18.3 Å². The number of carbonyl (C=O) groups excluding carboxylic acids is 1. The van der Waals surface area contributed by atoms with Crippen LogP contribution in [-0.4, -0.2) is 56.4 Å². The molecule has 4 rings (SSSR count). The molecule has 4 heterocycles. The van der Waals surface area contributed by atoms with Gasteiger partial charge in [0.05, 0.1) is 5.69 Å². The summed E-state index contributed by atoms with van der Waals surface area (Å²) in [5.74, 6) is 2.25. The number of aryl methyl sites for hydroxylation is 3. The molecule has 0 radical (unpaired) electrons. The SMILES string of the molecule is Cc1cc(C(=O)N2CC(Cn3c(C)cnc3C3CCOCC3)C2)n(C)n1. The van der Waals surface area contributed by atoms with E-state index in [-0.39, 0.29) is 5.91 Å². The molecule has 0 saturated carbocycles. The number of nitrogens with zero attached hydrogens (tertiary/aromatic N) is 5. The van der Waals surface area contributed by atoms with E-state index in [0.717, 1.165) is 51.4 Å². The largest absolute Gasteiger partial charge is 0.381 e. The van der Waals surface area contributed by atoms with Crippen molar-refractivity contribution in [1.29, 1.82) is 0 Å². The maximum atomic E-state index is 12.6. The van der Waals surface area contributed by atoms with Crippen LogP contribution in [0, 0.1) is 19.8 Å². The highest BCUT2D eigenvalue weighted by atomic mass is 16.5. The van der Waals surface area contributed by atoms with Crippen molar-refractivity contribution in [2.75, 3.05) is 26.3 Å². The van der Waals surface area contributed by atoms with Crippen LogP contribution in [0.3, 0.4) is 0 Å². The number of amides is 1. The van der Waals surface area contributed by atoms with Gasteiger partial charge in [0.2, 0.25) is 0 Å². The third-order valence-electron chi connectivity index (χ3n) is 5.58. The number of aromatic nitrogens is 4. The van der Waals surface area contributed by atoms with Gasteiger partial charge in [-0.1, -0.05) is 0 Å². The molecule has 1 amide bonds. The van der Waals surface area contributed by atoms with Crippen molar-refractivity contribution >= 4 is 5.91 Å². The van der Waals surface area contributed by atoms with Gasteiger partial charge in [0, 0.05) is 63.6 Å². The van der Waals surface area contributed by atoms with Gasteiger partial charge in [0.25, 0.3) is 5.91 Å². The Kier molecular flexibility index (Phi) is 4.56. The second kappa shape index (κ2) is 6.87. The molecule has 2 aromatic heterocycles. The van der Waals surface area contributed by atoms with E-state index in [1.54, 1.807) is 4.68 Å². The van der Waals surface area contributed by atoms with Crippen molar-refractivity contribution in [3.05, 3.63) is 35.2 Å². The van der Waals surface area contributed by atoms with Crippen LogP contribution in [0.5, 0.6) is 0 Å². The van der Waals surface area contributed by atoms with Gasteiger partial charge in [0.1, 0.15) is 11.5 Å². The maximum absolute atomic E-state index is 12.6. The molecule has 2 aliphatic rings. The number of carbonyl (C=O) groups is 1. The molecular weight excluding hydrogens is 330 g/mol. The Balaban J connectivity index is 1.39. The van der Waals surface area contributed by atoms with Gasteiger partial charge < -0.3 is 14.2 Å². The van der Waals surface area contributed by atoms with E-state index >= 15 is 0 Å². The van der Waals surface area contributed by atoms with Crippen LogP contribution in [0.15, 0.2) is 12.3 Å². The zero-order valence-electron chi connectivity index (χ0n) is 15.8. The normalized spacial score (nSPS) is 19.0. The lowest BCUT2D eigenvalue weighted by Gasteiger charge is -2.40. The van der Waals surface area contributed by atoms with Crippen LogP contribution >= 0.6 is 0 Å². The highest BCUT2D eigenvalue weighted by molar-refractivity contribution is 5.93. The number of imidazole rings is 1. The van der Waals surface area contributed by atoms with Crippen molar-refractivity contribution in [3.8, 4) is 0 Å². The molecule has 0 bridgehead atoms. The average Bonchev–Trinajstić information content (AvgIpc) is 3.12. The maximum Gasteiger partial charge on any atom is 0.272 e. The average molecular weight is 357 g/mol. The van der Waals surface area contributed by atoms with E-state index in [1.165, 1.54) is 11.5 Å². The van der Waals surface area contributed by atoms with Crippen LogP contribution in [0.4, 0.5) is 0 Å². The summed E-state index contributed by atoms with van der Waals surface area (Å²) >= 11 is 0. The van der Waals surface area contributed by atoms with E-state index in [1.807, 2.05) is 31.1 Å². The molecule has 7 heteroatoms. The van der Waals surface area contributed by atoms with Crippen molar-refractivity contribution in [2.45, 2.75) is 39.2 Å². The van der Waals surface area contributed by atoms with Crippen molar-refractivity contribution in [1.82, 2.24) is 24.2 Å². The minimum atomic E-state index is 0.0800. The lowest BCUT2D eigenvalue weighted by Crippen LogP contribution is -2.52. The number of likely N-dealkylation sites (tertiary alicyclic amines) is 1. The minimum absolute atomic E-state index is 0.0800. The van der Waals surface area contributed by atoms with Crippen LogP contribution in [0.2, 0.25) is 0 Å². The number of ether oxygens (including phenoxy) is 1. The molecule has 0 N–H and O–H groups in total. The summed E-state index contributed by atoms with van der Waals surface area (Å²) in [7, 11) is 1.83. The van der Waals surface area contributed by atoms with Crippen LogP contribution < -0.4 is 0 Å². The molecule has 2 aromatic rings. The number of rotatable bonds is 4. The van der Waals surface area contributed by atoms with Crippen LogP contribution in [0.1, 0.15) is 46.5 Å². The molecule has 140 valence electrons. The predicted molar refractivity (Wildman–Crippen MR) is 97.1 cm³/mol. The lowest BCUT2D eigenvalue weighted by molar-refractivity contribution is 0.0449. The Morgan fingerprint density at radius 2 is 2.00 bits per heavy atom. The Bertz CT molecular complexity index is 797. The van der Waals surface area contributed by atoms with Crippen molar-refractivity contribution in [2.24, 2.45) is 13.0 Å². The molecule has 26 heavy (non-hydrogen) atoms. The Morgan fingerprint density at radius 1 is 1.27 bits per heavy atom. The molecule has 0 atom stereocenters. The monoisotopic (exact) mass is 357 g/mol. The molecular formula is C19H27N5O2. The smallest absolute Gasteiger partial charge is 0.272 e. The quantitative estimate of drug-likeness (QED) is 0.838. The molecule has 0 aliphatic carbocycles. The summed E-state index contributed by atoms with van der Waals surface area (Å²) in [6, 6.07) is 1.86. The standard InChI is InChI=1S/C19H27N5O2/c1-13-8-17(22(3)21-13)19(25)23-10-15(11-23)12-24-14(2)9-20-18(24)16-4-6-26-7-5-16/h8-9,15-16H,4-7,10-12H2,1-3H3. The van der Waals surface area contributed by atoms with Gasteiger partial charge in [-0.05, 0) is 32.8 Å². The molecule has 2 aliphatic heterocycles. The van der Waals surface area contributed by atoms with E-state index in [4.69, 9.17) is 4.74 Å². The van der Waals surface area contributed by atoms with Crippen molar-refractivity contribution in [3.63, 3.8) is 0 Å². The molecule has 2 fully saturated rings. The first-order valence-corrected chi connectivity index (χ1v) is 9.42. The third kappa shape index (κ3) is 3.16. The highest BCUT2D eigenvalue weighted by Gasteiger charge is 2.34. The van der Waals surface area contributed by atoms with E-state index in [9.17, 15) is 4.79 Å². The summed E-state index contributed by atoms with van der Waals surface area (Å²) in [6.07, 6.45) is 4.07. The Hall–Kier alpha value is -2.15. The Morgan fingerprint density at radius 3 is 2.65 bits per heavy atom. The number of hydrogen-bond acceptors (Lipinski definition) is 4. The van der Waals surface area contributed by atoms with Crippen LogP contribution in [0.25, 0.3) is 0 Å². The molecule has 7 nitrogen and oxygen atoms in total. The molecule has 2 saturated heterocycles. The summed E-state index contributed by atoms with van der Waals surface area (Å²) in [4.78, 5) is 19.2. The van der Waals surface area contributed by atoms with Gasteiger partial charge in [-0.3, -0.25) is 9.48 Å². The first kappa shape index (κ1) is 17.3. The minimum Gasteiger partial charge on any atom is -0.381 e. The van der Waals surface area contributed by atoms with Gasteiger partial charge in [-0.15, -0.1) is 0 Å².